The lowest BCUT2D eigenvalue weighted by Gasteiger charge is -2.08. The van der Waals surface area contributed by atoms with Gasteiger partial charge in [-0.3, -0.25) is 9.11 Å². The Labute approximate surface area is 189 Å². The molecular formula is C23H18NO7S2+. The van der Waals surface area contributed by atoms with Crippen molar-refractivity contribution in [2.45, 2.75) is 16.2 Å². The molecule has 0 aromatic heterocycles. The van der Waals surface area contributed by atoms with Crippen LogP contribution in [0, 0.1) is 0 Å². The van der Waals surface area contributed by atoms with Crippen molar-refractivity contribution in [1.29, 1.82) is 0 Å². The van der Waals surface area contributed by atoms with E-state index in [-0.39, 0.29) is 22.2 Å². The summed E-state index contributed by atoms with van der Waals surface area (Å²) >= 11 is 0. The molecule has 4 aromatic carbocycles. The lowest BCUT2D eigenvalue weighted by atomic mass is 10.0. The number of fused-ring (bicyclic) bond motifs is 2. The van der Waals surface area contributed by atoms with E-state index in [0.717, 1.165) is 28.1 Å². The van der Waals surface area contributed by atoms with Crippen molar-refractivity contribution >= 4 is 53.2 Å². The van der Waals surface area contributed by atoms with Gasteiger partial charge in [0.2, 0.25) is 12.3 Å². The van der Waals surface area contributed by atoms with Crippen LogP contribution in [-0.4, -0.2) is 47.9 Å². The van der Waals surface area contributed by atoms with Crippen LogP contribution in [0.1, 0.15) is 5.56 Å². The van der Waals surface area contributed by atoms with Crippen molar-refractivity contribution in [3.63, 3.8) is 0 Å². The highest BCUT2D eigenvalue weighted by Crippen LogP contribution is 2.42. The number of phenolic OH excluding ortho intramolecular Hbond substituents is 1. The molecular weight excluding hydrogens is 466 g/mol. The lowest BCUT2D eigenvalue weighted by molar-refractivity contribution is -0.342. The summed E-state index contributed by atoms with van der Waals surface area (Å²) in [5, 5.41) is 12.9. The zero-order valence-corrected chi connectivity index (χ0v) is 18.6. The number of phenols is 1. The number of hydrogen-bond donors (Lipinski definition) is 3. The van der Waals surface area contributed by atoms with Gasteiger partial charge in [0, 0.05) is 0 Å². The first kappa shape index (κ1) is 21.5. The molecule has 0 saturated heterocycles. The van der Waals surface area contributed by atoms with Crippen molar-refractivity contribution in [2.24, 2.45) is 0 Å². The Kier molecular flexibility index (Phi) is 4.80. The molecule has 0 bridgehead atoms. The minimum Gasteiger partial charge on any atom is -0.502 e. The van der Waals surface area contributed by atoms with Gasteiger partial charge in [-0.25, -0.2) is 0 Å². The molecule has 0 radical (unpaired) electrons. The predicted molar refractivity (Wildman–Crippen MR) is 123 cm³/mol. The van der Waals surface area contributed by atoms with Crippen molar-refractivity contribution in [3.8, 4) is 5.75 Å². The molecule has 1 aliphatic rings. The molecule has 1 heterocycles. The molecule has 1 aliphatic heterocycles. The molecule has 168 valence electrons. The van der Waals surface area contributed by atoms with E-state index in [1.54, 1.807) is 4.58 Å². The van der Waals surface area contributed by atoms with Crippen LogP contribution in [0.15, 0.2) is 76.5 Å². The van der Waals surface area contributed by atoms with Gasteiger partial charge < -0.3 is 5.11 Å². The normalized spacial score (nSPS) is 14.2. The second kappa shape index (κ2) is 7.35. The van der Waals surface area contributed by atoms with Crippen LogP contribution < -0.4 is 0 Å². The van der Waals surface area contributed by atoms with Crippen molar-refractivity contribution in [3.05, 3.63) is 72.3 Å². The molecule has 33 heavy (non-hydrogen) atoms. The first-order chi connectivity index (χ1) is 15.5. The van der Waals surface area contributed by atoms with E-state index in [0.29, 0.717) is 19.0 Å². The van der Waals surface area contributed by atoms with Crippen molar-refractivity contribution in [2.75, 3.05) is 6.54 Å². The summed E-state index contributed by atoms with van der Waals surface area (Å²) < 4.78 is 68.4. The van der Waals surface area contributed by atoms with Gasteiger partial charge in [-0.2, -0.15) is 21.4 Å². The minimum atomic E-state index is -4.88. The summed E-state index contributed by atoms with van der Waals surface area (Å²) in [7, 11) is -9.62. The largest absolute Gasteiger partial charge is 0.502 e. The van der Waals surface area contributed by atoms with E-state index in [1.165, 1.54) is 12.1 Å². The smallest absolute Gasteiger partial charge is 0.295 e. The highest BCUT2D eigenvalue weighted by molar-refractivity contribution is 7.86. The van der Waals surface area contributed by atoms with E-state index in [9.17, 15) is 31.0 Å². The van der Waals surface area contributed by atoms with Crippen LogP contribution in [0.3, 0.4) is 0 Å². The van der Waals surface area contributed by atoms with Crippen LogP contribution in [-0.2, 0) is 26.7 Å². The van der Waals surface area contributed by atoms with Crippen LogP contribution in [0.25, 0.3) is 21.5 Å². The quantitative estimate of drug-likeness (QED) is 0.292. The molecule has 0 saturated carbocycles. The fraction of sp³-hybridized carbons (Fsp3) is 0.0870. The lowest BCUT2D eigenvalue weighted by Crippen LogP contribution is -2.05. The van der Waals surface area contributed by atoms with Gasteiger partial charge in [-0.15, -0.1) is 0 Å². The van der Waals surface area contributed by atoms with Crippen LogP contribution in [0.2, 0.25) is 0 Å². The second-order valence-electron chi connectivity index (χ2n) is 7.87. The fourth-order valence-electron chi connectivity index (χ4n) is 4.20. The van der Waals surface area contributed by atoms with Crippen LogP contribution in [0.4, 0.5) is 5.69 Å². The molecule has 0 atom stereocenters. The third-order valence-corrected chi connectivity index (χ3v) is 7.45. The van der Waals surface area contributed by atoms with Gasteiger partial charge in [0.15, 0.2) is 5.75 Å². The maximum Gasteiger partial charge on any atom is 0.295 e. The van der Waals surface area contributed by atoms with E-state index < -0.39 is 30.0 Å². The maximum absolute atomic E-state index is 12.1. The fourth-order valence-corrected chi connectivity index (χ4v) is 5.56. The van der Waals surface area contributed by atoms with Crippen LogP contribution >= 0.6 is 0 Å². The number of rotatable bonds is 5. The Bertz CT molecular complexity index is 1720. The van der Waals surface area contributed by atoms with E-state index >= 15 is 0 Å². The minimum absolute atomic E-state index is 0.0298. The Balaban J connectivity index is 1.71. The SMILES string of the molecule is O=S(=O)(O)c1cc(S(=O)(=O)O)c2c([N+]3=C(Cc4cccc5ccccc45)C3)c(O)ccc2c1. The summed E-state index contributed by atoms with van der Waals surface area (Å²) in [4.78, 5) is -1.39. The Morgan fingerprint density at radius 2 is 1.55 bits per heavy atom. The van der Waals surface area contributed by atoms with Crippen molar-refractivity contribution < 1.29 is 35.6 Å². The molecule has 0 aliphatic carbocycles. The molecule has 8 nitrogen and oxygen atoms in total. The van der Waals surface area contributed by atoms with E-state index in [2.05, 4.69) is 0 Å². The molecule has 0 spiro atoms. The maximum atomic E-state index is 12.1. The topological polar surface area (TPSA) is 132 Å². The molecule has 10 heteroatoms. The summed E-state index contributed by atoms with van der Waals surface area (Å²) in [5.74, 6) is -0.222. The standard InChI is InChI=1S/C23H17NO7S2/c25-20-9-8-16-11-18(32(26,27)28)12-21(33(29,30)31)22(16)23(20)24-13-17(24)10-15-6-3-5-14-4-1-2-7-19(14)15/h1-9,11-12H,10,13H2,(H2-,25,26,27,28,29,30,31)/p+1. The van der Waals surface area contributed by atoms with Crippen LogP contribution in [0.5, 0.6) is 5.75 Å². The van der Waals surface area contributed by atoms with Gasteiger partial charge in [-0.05, 0) is 39.9 Å². The van der Waals surface area contributed by atoms with Gasteiger partial charge >= 0.3 is 0 Å². The highest BCUT2D eigenvalue weighted by atomic mass is 32.2. The number of aromatic hydroxyl groups is 1. The highest BCUT2D eigenvalue weighted by Gasteiger charge is 2.40. The third-order valence-electron chi connectivity index (χ3n) is 5.75. The second-order valence-corrected chi connectivity index (χ2v) is 10.7. The first-order valence-electron chi connectivity index (χ1n) is 9.87. The molecule has 4 aromatic rings. The molecule has 5 rings (SSSR count). The van der Waals surface area contributed by atoms with Gasteiger partial charge in [0.1, 0.15) is 4.90 Å². The van der Waals surface area contributed by atoms with E-state index in [4.69, 9.17) is 0 Å². The summed E-state index contributed by atoms with van der Waals surface area (Å²) in [5.41, 5.74) is 2.13. The summed E-state index contributed by atoms with van der Waals surface area (Å²) in [6.07, 6.45) is 0.557. The van der Waals surface area contributed by atoms with Gasteiger partial charge in [0.25, 0.3) is 25.9 Å². The third kappa shape index (κ3) is 3.87. The summed E-state index contributed by atoms with van der Waals surface area (Å²) in [6.45, 7) is 0.445. The molecule has 0 fully saturated rings. The Morgan fingerprint density at radius 3 is 2.27 bits per heavy atom. The predicted octanol–water partition coefficient (Wildman–Crippen LogP) is 3.53. The number of hydrogen-bond acceptors (Lipinski definition) is 5. The zero-order chi connectivity index (χ0) is 23.5. The summed E-state index contributed by atoms with van der Waals surface area (Å²) in [6, 6.07) is 18.3. The van der Waals surface area contributed by atoms with Gasteiger partial charge in [0.05, 0.1) is 16.7 Å². The van der Waals surface area contributed by atoms with Gasteiger partial charge in [-0.1, -0.05) is 48.5 Å². The first-order valence-corrected chi connectivity index (χ1v) is 12.8. The molecule has 3 N–H and O–H groups in total. The van der Waals surface area contributed by atoms with Crippen molar-refractivity contribution in [1.82, 2.24) is 0 Å². The monoisotopic (exact) mass is 484 g/mol. The average Bonchev–Trinajstić information content (AvgIpc) is 3.50. The number of benzene rings is 4. The Morgan fingerprint density at radius 1 is 0.818 bits per heavy atom. The zero-order valence-electron chi connectivity index (χ0n) is 17.0. The number of nitrogens with zero attached hydrogens (tertiary/aromatic N) is 1. The molecule has 0 amide bonds. The van der Waals surface area contributed by atoms with E-state index in [1.807, 2.05) is 42.5 Å². The molecule has 0 unspecified atom stereocenters. The Hall–Kier alpha value is -3.31. The average molecular weight is 485 g/mol.